The standard InChI is InChI=1S/C15H18O3/c1-8-4-5-12(16)11-6-13-10(7-15(8,11)3)9(2)14(17)18-13/h11,13H,1,4-7H2,2-3H3/t11-,13-,15-/m1/s1. The van der Waals surface area contributed by atoms with E-state index in [1.807, 2.05) is 6.92 Å². The number of allylic oxidation sites excluding steroid dienone is 1. The predicted molar refractivity (Wildman–Crippen MR) is 66.8 cm³/mol. The minimum absolute atomic E-state index is 0.0220. The highest BCUT2D eigenvalue weighted by Crippen LogP contribution is 2.54. The zero-order valence-electron chi connectivity index (χ0n) is 10.9. The van der Waals surface area contributed by atoms with Crippen LogP contribution in [0, 0.1) is 11.3 Å². The number of esters is 1. The maximum atomic E-state index is 12.1. The number of ether oxygens (including phenoxy) is 1. The maximum absolute atomic E-state index is 12.1. The molecule has 0 aromatic carbocycles. The molecule has 2 fully saturated rings. The molecule has 2 saturated carbocycles. The van der Waals surface area contributed by atoms with E-state index in [2.05, 4.69) is 13.5 Å². The predicted octanol–water partition coefficient (Wildman–Crippen LogP) is 2.56. The molecule has 0 aromatic heterocycles. The van der Waals surface area contributed by atoms with Crippen LogP contribution in [0.5, 0.6) is 0 Å². The van der Waals surface area contributed by atoms with E-state index in [-0.39, 0.29) is 23.4 Å². The van der Waals surface area contributed by atoms with Crippen molar-refractivity contribution in [3.05, 3.63) is 23.3 Å². The molecule has 0 spiro atoms. The number of carbonyl (C=O) groups excluding carboxylic acids is 2. The lowest BCUT2D eigenvalue weighted by atomic mass is 9.56. The summed E-state index contributed by atoms with van der Waals surface area (Å²) in [6.07, 6.45) is 2.62. The number of carbonyl (C=O) groups is 2. The smallest absolute Gasteiger partial charge is 0.334 e. The third kappa shape index (κ3) is 1.36. The van der Waals surface area contributed by atoms with Gasteiger partial charge < -0.3 is 4.74 Å². The summed E-state index contributed by atoms with van der Waals surface area (Å²) >= 11 is 0. The van der Waals surface area contributed by atoms with E-state index in [0.29, 0.717) is 18.6 Å². The van der Waals surface area contributed by atoms with Crippen LogP contribution in [-0.2, 0) is 14.3 Å². The van der Waals surface area contributed by atoms with Crippen LogP contribution in [0.4, 0.5) is 0 Å². The number of rotatable bonds is 0. The van der Waals surface area contributed by atoms with Gasteiger partial charge >= 0.3 is 5.97 Å². The van der Waals surface area contributed by atoms with Crippen LogP contribution in [0.2, 0.25) is 0 Å². The summed E-state index contributed by atoms with van der Waals surface area (Å²) in [5.41, 5.74) is 2.82. The molecule has 0 aromatic rings. The van der Waals surface area contributed by atoms with Gasteiger partial charge in [0, 0.05) is 23.3 Å². The molecule has 3 aliphatic rings. The lowest BCUT2D eigenvalue weighted by Crippen LogP contribution is -2.45. The molecule has 3 atom stereocenters. The number of Topliss-reactive ketones (excluding diaryl/α,β-unsaturated/α-hetero) is 1. The van der Waals surface area contributed by atoms with Crippen LogP contribution in [0.15, 0.2) is 23.3 Å². The van der Waals surface area contributed by atoms with Crippen molar-refractivity contribution in [2.45, 2.75) is 45.6 Å². The summed E-state index contributed by atoms with van der Waals surface area (Å²) in [6, 6.07) is 0. The second kappa shape index (κ2) is 3.56. The summed E-state index contributed by atoms with van der Waals surface area (Å²) in [7, 11) is 0. The van der Waals surface area contributed by atoms with Gasteiger partial charge in [0.2, 0.25) is 0 Å². The molecule has 18 heavy (non-hydrogen) atoms. The van der Waals surface area contributed by atoms with E-state index < -0.39 is 0 Å². The van der Waals surface area contributed by atoms with Gasteiger partial charge in [-0.25, -0.2) is 4.79 Å². The van der Waals surface area contributed by atoms with Crippen molar-refractivity contribution in [2.24, 2.45) is 11.3 Å². The Morgan fingerprint density at radius 1 is 1.33 bits per heavy atom. The normalized spacial score (nSPS) is 39.6. The van der Waals surface area contributed by atoms with Crippen molar-refractivity contribution in [1.29, 1.82) is 0 Å². The van der Waals surface area contributed by atoms with E-state index in [4.69, 9.17) is 4.74 Å². The summed E-state index contributed by atoms with van der Waals surface area (Å²) < 4.78 is 5.36. The molecule has 0 saturated heterocycles. The average molecular weight is 246 g/mol. The highest BCUT2D eigenvalue weighted by molar-refractivity contribution is 5.92. The van der Waals surface area contributed by atoms with Gasteiger partial charge in [-0.3, -0.25) is 4.79 Å². The van der Waals surface area contributed by atoms with Crippen LogP contribution in [-0.4, -0.2) is 17.9 Å². The zero-order chi connectivity index (χ0) is 13.1. The van der Waals surface area contributed by atoms with Gasteiger partial charge in [-0.05, 0) is 31.8 Å². The molecule has 1 aliphatic heterocycles. The minimum atomic E-state index is -0.213. The highest BCUT2D eigenvalue weighted by atomic mass is 16.5. The van der Waals surface area contributed by atoms with Crippen molar-refractivity contribution < 1.29 is 14.3 Å². The molecule has 0 radical (unpaired) electrons. The first-order chi connectivity index (χ1) is 8.43. The highest BCUT2D eigenvalue weighted by Gasteiger charge is 2.52. The topological polar surface area (TPSA) is 43.4 Å². The first-order valence-electron chi connectivity index (χ1n) is 6.55. The van der Waals surface area contributed by atoms with Crippen molar-refractivity contribution in [3.63, 3.8) is 0 Å². The number of hydrogen-bond acceptors (Lipinski definition) is 3. The van der Waals surface area contributed by atoms with Gasteiger partial charge in [-0.1, -0.05) is 19.1 Å². The Bertz CT molecular complexity index is 500. The van der Waals surface area contributed by atoms with Gasteiger partial charge in [0.1, 0.15) is 11.9 Å². The Morgan fingerprint density at radius 3 is 2.78 bits per heavy atom. The van der Waals surface area contributed by atoms with Crippen LogP contribution in [0.1, 0.15) is 39.5 Å². The summed E-state index contributed by atoms with van der Waals surface area (Å²) in [5, 5.41) is 0. The van der Waals surface area contributed by atoms with Crippen molar-refractivity contribution >= 4 is 11.8 Å². The second-order valence-electron chi connectivity index (χ2n) is 6.00. The third-order valence-electron chi connectivity index (χ3n) is 5.07. The fourth-order valence-electron chi connectivity index (χ4n) is 3.68. The van der Waals surface area contributed by atoms with Gasteiger partial charge in [-0.15, -0.1) is 0 Å². The van der Waals surface area contributed by atoms with Gasteiger partial charge in [-0.2, -0.15) is 0 Å². The SMILES string of the molecule is C=C1CCC(=O)[C@H]2C[C@H]3OC(=O)C(C)=C3C[C@]12C. The molecule has 96 valence electrons. The first-order valence-corrected chi connectivity index (χ1v) is 6.55. The van der Waals surface area contributed by atoms with Crippen molar-refractivity contribution in [2.75, 3.05) is 0 Å². The third-order valence-corrected chi connectivity index (χ3v) is 5.07. The monoisotopic (exact) mass is 246 g/mol. The van der Waals surface area contributed by atoms with Crippen LogP contribution in [0.25, 0.3) is 0 Å². The Hall–Kier alpha value is -1.38. The molecule has 0 amide bonds. The van der Waals surface area contributed by atoms with Gasteiger partial charge in [0.25, 0.3) is 0 Å². The Balaban J connectivity index is 2.03. The summed E-state index contributed by atoms with van der Waals surface area (Å²) in [6.45, 7) is 8.11. The van der Waals surface area contributed by atoms with Crippen LogP contribution in [0.3, 0.4) is 0 Å². The molecular weight excluding hydrogens is 228 g/mol. The quantitative estimate of drug-likeness (QED) is 0.487. The average Bonchev–Trinajstić information content (AvgIpc) is 2.59. The summed E-state index contributed by atoms with van der Waals surface area (Å²) in [4.78, 5) is 23.8. The first kappa shape index (κ1) is 11.7. The van der Waals surface area contributed by atoms with E-state index >= 15 is 0 Å². The van der Waals surface area contributed by atoms with Crippen molar-refractivity contribution in [3.8, 4) is 0 Å². The molecule has 3 rings (SSSR count). The Morgan fingerprint density at radius 2 is 2.06 bits per heavy atom. The Kier molecular flexibility index (Phi) is 2.31. The fraction of sp³-hybridized carbons (Fsp3) is 0.600. The fourth-order valence-corrected chi connectivity index (χ4v) is 3.68. The largest absolute Gasteiger partial charge is 0.454 e. The molecule has 0 unspecified atom stereocenters. The number of ketones is 1. The van der Waals surface area contributed by atoms with Crippen molar-refractivity contribution in [1.82, 2.24) is 0 Å². The van der Waals surface area contributed by atoms with E-state index in [1.165, 1.54) is 0 Å². The molecule has 3 nitrogen and oxygen atoms in total. The molecule has 0 N–H and O–H groups in total. The maximum Gasteiger partial charge on any atom is 0.334 e. The number of fused-ring (bicyclic) bond motifs is 2. The van der Waals surface area contributed by atoms with E-state index in [0.717, 1.165) is 29.6 Å². The zero-order valence-corrected chi connectivity index (χ0v) is 10.9. The minimum Gasteiger partial charge on any atom is -0.454 e. The van der Waals surface area contributed by atoms with Gasteiger partial charge in [0.05, 0.1) is 0 Å². The lowest BCUT2D eigenvalue weighted by molar-refractivity contribution is -0.144. The van der Waals surface area contributed by atoms with Gasteiger partial charge in [0.15, 0.2) is 0 Å². The van der Waals surface area contributed by atoms with E-state index in [9.17, 15) is 9.59 Å². The molecule has 3 heteroatoms. The Labute approximate surface area is 107 Å². The van der Waals surface area contributed by atoms with Crippen LogP contribution >= 0.6 is 0 Å². The molecule has 2 aliphatic carbocycles. The number of hydrogen-bond donors (Lipinski definition) is 0. The lowest BCUT2D eigenvalue weighted by Gasteiger charge is -2.47. The second-order valence-corrected chi connectivity index (χ2v) is 6.00. The molecule has 0 bridgehead atoms. The summed E-state index contributed by atoms with van der Waals surface area (Å²) in [5.74, 6) is 0.0751. The van der Waals surface area contributed by atoms with Crippen LogP contribution < -0.4 is 0 Å². The van der Waals surface area contributed by atoms with E-state index in [1.54, 1.807) is 0 Å². The molecule has 1 heterocycles. The molecular formula is C15H18O3.